The molecule has 1 rings (SSSR count). The molecular formula is C7H7BrN2O2. The first-order valence-electron chi connectivity index (χ1n) is 3.14. The molecule has 12 heavy (non-hydrogen) atoms. The van der Waals surface area contributed by atoms with Gasteiger partial charge in [0.05, 0.1) is 17.1 Å². The van der Waals surface area contributed by atoms with Crippen molar-refractivity contribution < 1.29 is 9.53 Å². The fourth-order valence-corrected chi connectivity index (χ4v) is 1.03. The number of rotatable bonds is 1. The highest BCUT2D eigenvalue weighted by molar-refractivity contribution is 9.10. The molecule has 0 saturated heterocycles. The number of carbonyl (C=O) groups is 1. The molecule has 1 heterocycles. The van der Waals surface area contributed by atoms with Gasteiger partial charge in [-0.05, 0) is 22.0 Å². The Balaban J connectivity index is 3.05. The topological polar surface area (TPSA) is 65.2 Å². The molecule has 0 aliphatic carbocycles. The van der Waals surface area contributed by atoms with Crippen LogP contribution in [0.15, 0.2) is 16.7 Å². The number of ether oxygens (including phenoxy) is 1. The summed E-state index contributed by atoms with van der Waals surface area (Å²) in [6.45, 7) is 0. The summed E-state index contributed by atoms with van der Waals surface area (Å²) in [6.07, 6.45) is 1.37. The van der Waals surface area contributed by atoms with E-state index in [4.69, 9.17) is 5.73 Å². The van der Waals surface area contributed by atoms with Crippen LogP contribution < -0.4 is 5.73 Å². The largest absolute Gasteiger partial charge is 0.465 e. The third-order valence-corrected chi connectivity index (χ3v) is 1.93. The van der Waals surface area contributed by atoms with Gasteiger partial charge in [0.25, 0.3) is 0 Å². The standard InChI is InChI=1S/C7H7BrN2O2/c1-12-7(11)4-2-5(8)6(9)10-3-4/h2-3H,1H3,(H2,9,10). The lowest BCUT2D eigenvalue weighted by Crippen LogP contribution is -2.03. The summed E-state index contributed by atoms with van der Waals surface area (Å²) in [6, 6.07) is 1.56. The highest BCUT2D eigenvalue weighted by atomic mass is 79.9. The van der Waals surface area contributed by atoms with Gasteiger partial charge in [-0.1, -0.05) is 0 Å². The molecule has 0 aliphatic rings. The van der Waals surface area contributed by atoms with E-state index in [9.17, 15) is 4.79 Å². The van der Waals surface area contributed by atoms with Crippen molar-refractivity contribution in [3.05, 3.63) is 22.3 Å². The molecule has 1 aromatic heterocycles. The maximum absolute atomic E-state index is 11.0. The Kier molecular flexibility index (Phi) is 2.65. The summed E-state index contributed by atoms with van der Waals surface area (Å²) in [4.78, 5) is 14.7. The molecule has 0 aromatic carbocycles. The average molecular weight is 231 g/mol. The van der Waals surface area contributed by atoms with Gasteiger partial charge in [-0.2, -0.15) is 0 Å². The van der Waals surface area contributed by atoms with Crippen LogP contribution in [0.1, 0.15) is 10.4 Å². The second-order valence-electron chi connectivity index (χ2n) is 2.08. The van der Waals surface area contributed by atoms with Crippen LogP contribution in [0, 0.1) is 0 Å². The molecule has 0 aliphatic heterocycles. The lowest BCUT2D eigenvalue weighted by atomic mass is 10.3. The molecular weight excluding hydrogens is 224 g/mol. The number of anilines is 1. The number of esters is 1. The van der Waals surface area contributed by atoms with Crippen molar-refractivity contribution in [3.63, 3.8) is 0 Å². The zero-order valence-electron chi connectivity index (χ0n) is 6.37. The first-order chi connectivity index (χ1) is 5.65. The SMILES string of the molecule is COC(=O)c1cnc(N)c(Br)c1. The van der Waals surface area contributed by atoms with Crippen LogP contribution in [-0.4, -0.2) is 18.1 Å². The lowest BCUT2D eigenvalue weighted by Gasteiger charge is -2.00. The Morgan fingerprint density at radius 3 is 2.92 bits per heavy atom. The number of methoxy groups -OCH3 is 1. The summed E-state index contributed by atoms with van der Waals surface area (Å²) < 4.78 is 5.08. The number of nitrogens with zero attached hydrogens (tertiary/aromatic N) is 1. The van der Waals surface area contributed by atoms with E-state index in [1.165, 1.54) is 13.3 Å². The zero-order valence-corrected chi connectivity index (χ0v) is 7.96. The third kappa shape index (κ3) is 1.73. The number of pyridine rings is 1. The molecule has 0 atom stereocenters. The minimum absolute atomic E-state index is 0.350. The predicted octanol–water partition coefficient (Wildman–Crippen LogP) is 1.21. The van der Waals surface area contributed by atoms with Crippen LogP contribution in [0.4, 0.5) is 5.82 Å². The molecule has 1 aromatic rings. The number of halogens is 1. The Hall–Kier alpha value is -1.10. The molecule has 0 unspecified atom stereocenters. The van der Waals surface area contributed by atoms with Gasteiger partial charge in [0.15, 0.2) is 0 Å². The van der Waals surface area contributed by atoms with Crippen LogP contribution in [-0.2, 0) is 4.74 Å². The number of nitrogen functional groups attached to an aromatic ring is 1. The van der Waals surface area contributed by atoms with Gasteiger partial charge >= 0.3 is 5.97 Å². The van der Waals surface area contributed by atoms with E-state index >= 15 is 0 Å². The maximum atomic E-state index is 11.0. The molecule has 0 fully saturated rings. The normalized spacial score (nSPS) is 9.50. The van der Waals surface area contributed by atoms with Gasteiger partial charge in [0, 0.05) is 6.20 Å². The average Bonchev–Trinajstić information content (AvgIpc) is 2.08. The summed E-state index contributed by atoms with van der Waals surface area (Å²) in [5, 5.41) is 0. The highest BCUT2D eigenvalue weighted by Crippen LogP contribution is 2.17. The molecule has 0 saturated carbocycles. The van der Waals surface area contributed by atoms with E-state index in [2.05, 4.69) is 25.7 Å². The summed E-state index contributed by atoms with van der Waals surface area (Å²) in [5.74, 6) is -0.0779. The van der Waals surface area contributed by atoms with Crippen LogP contribution in [0.2, 0.25) is 0 Å². The molecule has 4 nitrogen and oxygen atoms in total. The fraction of sp³-hybridized carbons (Fsp3) is 0.143. The van der Waals surface area contributed by atoms with E-state index in [1.807, 2.05) is 0 Å². The van der Waals surface area contributed by atoms with Gasteiger partial charge < -0.3 is 10.5 Å². The number of hydrogen-bond acceptors (Lipinski definition) is 4. The van der Waals surface area contributed by atoms with Crippen LogP contribution in [0.25, 0.3) is 0 Å². The molecule has 0 spiro atoms. The third-order valence-electron chi connectivity index (χ3n) is 1.29. The number of nitrogens with two attached hydrogens (primary N) is 1. The van der Waals surface area contributed by atoms with Crippen molar-refractivity contribution in [3.8, 4) is 0 Å². The minimum atomic E-state index is -0.428. The molecule has 64 valence electrons. The van der Waals surface area contributed by atoms with Gasteiger partial charge in [-0.15, -0.1) is 0 Å². The number of aromatic nitrogens is 1. The number of carbonyl (C=O) groups excluding carboxylic acids is 1. The van der Waals surface area contributed by atoms with Crippen molar-refractivity contribution >= 4 is 27.7 Å². The Bertz CT molecular complexity index is 314. The van der Waals surface area contributed by atoms with Crippen LogP contribution in [0.3, 0.4) is 0 Å². The summed E-state index contributed by atoms with van der Waals surface area (Å²) >= 11 is 3.15. The Morgan fingerprint density at radius 1 is 1.75 bits per heavy atom. The molecule has 0 amide bonds. The summed E-state index contributed by atoms with van der Waals surface area (Å²) in [7, 11) is 1.31. The van der Waals surface area contributed by atoms with Crippen molar-refractivity contribution in [1.82, 2.24) is 4.98 Å². The van der Waals surface area contributed by atoms with E-state index in [0.29, 0.717) is 15.9 Å². The van der Waals surface area contributed by atoms with Crippen molar-refractivity contribution in [2.24, 2.45) is 0 Å². The Labute approximate surface area is 77.9 Å². The monoisotopic (exact) mass is 230 g/mol. The minimum Gasteiger partial charge on any atom is -0.465 e. The van der Waals surface area contributed by atoms with E-state index < -0.39 is 5.97 Å². The van der Waals surface area contributed by atoms with Crippen molar-refractivity contribution in [1.29, 1.82) is 0 Å². The van der Waals surface area contributed by atoms with E-state index in [0.717, 1.165) is 0 Å². The first kappa shape index (κ1) is 8.99. The van der Waals surface area contributed by atoms with Gasteiger partial charge in [-0.25, -0.2) is 9.78 Å². The molecule has 2 N–H and O–H groups in total. The number of hydrogen-bond donors (Lipinski definition) is 1. The maximum Gasteiger partial charge on any atom is 0.339 e. The zero-order chi connectivity index (χ0) is 9.14. The smallest absolute Gasteiger partial charge is 0.339 e. The quantitative estimate of drug-likeness (QED) is 0.737. The van der Waals surface area contributed by atoms with Gasteiger partial charge in [0.2, 0.25) is 0 Å². The van der Waals surface area contributed by atoms with Crippen LogP contribution >= 0.6 is 15.9 Å². The van der Waals surface area contributed by atoms with E-state index in [-0.39, 0.29) is 0 Å². The predicted molar refractivity (Wildman–Crippen MR) is 47.7 cm³/mol. The molecule has 0 bridgehead atoms. The van der Waals surface area contributed by atoms with E-state index in [1.54, 1.807) is 6.07 Å². The van der Waals surface area contributed by atoms with Crippen molar-refractivity contribution in [2.45, 2.75) is 0 Å². The molecule has 5 heteroatoms. The van der Waals surface area contributed by atoms with Gasteiger partial charge in [-0.3, -0.25) is 0 Å². The molecule has 0 radical (unpaired) electrons. The summed E-state index contributed by atoms with van der Waals surface area (Å²) in [5.41, 5.74) is 5.79. The second kappa shape index (κ2) is 3.53. The lowest BCUT2D eigenvalue weighted by molar-refractivity contribution is 0.0600. The van der Waals surface area contributed by atoms with Crippen LogP contribution in [0.5, 0.6) is 0 Å². The Morgan fingerprint density at radius 2 is 2.42 bits per heavy atom. The fourth-order valence-electron chi connectivity index (χ4n) is 0.678. The van der Waals surface area contributed by atoms with Gasteiger partial charge in [0.1, 0.15) is 5.82 Å². The van der Waals surface area contributed by atoms with Crippen molar-refractivity contribution in [2.75, 3.05) is 12.8 Å². The second-order valence-corrected chi connectivity index (χ2v) is 2.94. The highest BCUT2D eigenvalue weighted by Gasteiger charge is 2.07. The first-order valence-corrected chi connectivity index (χ1v) is 3.93.